The SMILES string of the molecule is Cc1ccc(Oc2nc3ccccn3c2CCl)c(Cl)c1. The molecule has 102 valence electrons. The third-order valence-electron chi connectivity index (χ3n) is 3.01. The first-order valence-electron chi connectivity index (χ1n) is 6.15. The van der Waals surface area contributed by atoms with E-state index in [0.29, 0.717) is 22.5 Å². The van der Waals surface area contributed by atoms with Crippen LogP contribution in [0.25, 0.3) is 5.65 Å². The van der Waals surface area contributed by atoms with Gasteiger partial charge in [0.25, 0.3) is 0 Å². The van der Waals surface area contributed by atoms with Crippen LogP contribution in [0.3, 0.4) is 0 Å². The number of pyridine rings is 1. The Labute approximate surface area is 126 Å². The molecule has 3 aromatic rings. The summed E-state index contributed by atoms with van der Waals surface area (Å²) in [5, 5.41) is 0.558. The molecule has 0 saturated carbocycles. The molecule has 20 heavy (non-hydrogen) atoms. The number of imidazole rings is 1. The zero-order valence-electron chi connectivity index (χ0n) is 10.8. The van der Waals surface area contributed by atoms with Gasteiger partial charge in [-0.25, -0.2) is 0 Å². The topological polar surface area (TPSA) is 26.5 Å². The second-order valence-corrected chi connectivity index (χ2v) is 5.14. The molecule has 0 bridgehead atoms. The van der Waals surface area contributed by atoms with Crippen LogP contribution in [-0.4, -0.2) is 9.38 Å². The molecule has 0 fully saturated rings. The Morgan fingerprint density at radius 1 is 1.25 bits per heavy atom. The molecule has 0 radical (unpaired) electrons. The highest BCUT2D eigenvalue weighted by Gasteiger charge is 2.14. The highest BCUT2D eigenvalue weighted by Crippen LogP contribution is 2.32. The summed E-state index contributed by atoms with van der Waals surface area (Å²) in [5.74, 6) is 1.37. The molecule has 0 saturated heterocycles. The first-order chi connectivity index (χ1) is 9.69. The summed E-state index contributed by atoms with van der Waals surface area (Å²) in [6.45, 7) is 1.98. The van der Waals surface area contributed by atoms with E-state index < -0.39 is 0 Å². The van der Waals surface area contributed by atoms with Crippen molar-refractivity contribution in [3.8, 4) is 11.6 Å². The molecule has 0 N–H and O–H groups in total. The normalized spacial score (nSPS) is 10.9. The van der Waals surface area contributed by atoms with Crippen molar-refractivity contribution < 1.29 is 4.74 Å². The quantitative estimate of drug-likeness (QED) is 0.648. The summed E-state index contributed by atoms with van der Waals surface area (Å²) < 4.78 is 7.73. The lowest BCUT2D eigenvalue weighted by Gasteiger charge is -2.07. The van der Waals surface area contributed by atoms with E-state index in [1.807, 2.05) is 53.9 Å². The average molecular weight is 307 g/mol. The summed E-state index contributed by atoms with van der Waals surface area (Å²) in [5.41, 5.74) is 2.68. The number of nitrogens with zero attached hydrogens (tertiary/aromatic N) is 2. The minimum absolute atomic E-state index is 0.310. The maximum Gasteiger partial charge on any atom is 0.242 e. The van der Waals surface area contributed by atoms with E-state index in [9.17, 15) is 0 Å². The van der Waals surface area contributed by atoms with Crippen molar-refractivity contribution in [1.29, 1.82) is 0 Å². The van der Waals surface area contributed by atoms with Gasteiger partial charge in [-0.05, 0) is 36.8 Å². The maximum absolute atomic E-state index is 6.18. The van der Waals surface area contributed by atoms with Gasteiger partial charge in [0.15, 0.2) is 0 Å². The molecule has 0 aliphatic rings. The lowest BCUT2D eigenvalue weighted by atomic mass is 10.2. The zero-order chi connectivity index (χ0) is 14.1. The molecule has 0 unspecified atom stereocenters. The van der Waals surface area contributed by atoms with Gasteiger partial charge in [-0.1, -0.05) is 23.7 Å². The van der Waals surface area contributed by atoms with Gasteiger partial charge in [-0.2, -0.15) is 4.98 Å². The van der Waals surface area contributed by atoms with E-state index >= 15 is 0 Å². The summed E-state index contributed by atoms with van der Waals surface area (Å²) in [7, 11) is 0. The fourth-order valence-corrected chi connectivity index (χ4v) is 2.54. The van der Waals surface area contributed by atoms with Gasteiger partial charge in [-0.15, -0.1) is 11.6 Å². The van der Waals surface area contributed by atoms with E-state index in [4.69, 9.17) is 27.9 Å². The number of ether oxygens (including phenoxy) is 1. The molecule has 2 aromatic heterocycles. The fraction of sp³-hybridized carbons (Fsp3) is 0.133. The van der Waals surface area contributed by atoms with Gasteiger partial charge >= 0.3 is 0 Å². The van der Waals surface area contributed by atoms with Crippen LogP contribution in [0.1, 0.15) is 11.3 Å². The molecular weight excluding hydrogens is 295 g/mol. The Balaban J connectivity index is 2.06. The van der Waals surface area contributed by atoms with Gasteiger partial charge in [0.05, 0.1) is 10.9 Å². The number of aromatic nitrogens is 2. The van der Waals surface area contributed by atoms with Crippen molar-refractivity contribution in [1.82, 2.24) is 9.38 Å². The average Bonchev–Trinajstić information content (AvgIpc) is 2.79. The molecule has 0 amide bonds. The Hall–Kier alpha value is -1.71. The van der Waals surface area contributed by atoms with E-state index in [1.165, 1.54) is 0 Å². The van der Waals surface area contributed by atoms with Crippen molar-refractivity contribution in [3.05, 3.63) is 58.9 Å². The molecule has 5 heteroatoms. The number of aryl methyl sites for hydroxylation is 1. The minimum Gasteiger partial charge on any atom is -0.436 e. The number of alkyl halides is 1. The largest absolute Gasteiger partial charge is 0.436 e. The first-order valence-corrected chi connectivity index (χ1v) is 7.06. The van der Waals surface area contributed by atoms with E-state index in [1.54, 1.807) is 0 Å². The van der Waals surface area contributed by atoms with Crippen LogP contribution in [0.2, 0.25) is 5.02 Å². The Kier molecular flexibility index (Phi) is 3.55. The fourth-order valence-electron chi connectivity index (χ4n) is 2.02. The molecule has 0 aliphatic carbocycles. The minimum atomic E-state index is 0.310. The van der Waals surface area contributed by atoms with Gasteiger partial charge < -0.3 is 4.74 Å². The predicted octanol–water partition coefficient (Wildman–Crippen LogP) is 4.83. The lowest BCUT2D eigenvalue weighted by Crippen LogP contribution is -1.92. The number of hydrogen-bond acceptors (Lipinski definition) is 2. The summed E-state index contributed by atoms with van der Waals surface area (Å²) in [6, 6.07) is 11.4. The van der Waals surface area contributed by atoms with Crippen molar-refractivity contribution >= 4 is 28.8 Å². The van der Waals surface area contributed by atoms with Crippen molar-refractivity contribution in [2.24, 2.45) is 0 Å². The Bertz CT molecular complexity index is 768. The van der Waals surface area contributed by atoms with Crippen LogP contribution in [0.4, 0.5) is 0 Å². The molecule has 2 heterocycles. The van der Waals surface area contributed by atoms with E-state index in [-0.39, 0.29) is 0 Å². The van der Waals surface area contributed by atoms with Crippen LogP contribution in [0.5, 0.6) is 11.6 Å². The van der Waals surface area contributed by atoms with Crippen LogP contribution in [0, 0.1) is 6.92 Å². The molecule has 0 aliphatic heterocycles. The summed E-state index contributed by atoms with van der Waals surface area (Å²) >= 11 is 12.2. The monoisotopic (exact) mass is 306 g/mol. The number of fused-ring (bicyclic) bond motifs is 1. The molecular formula is C15H12Cl2N2O. The molecule has 0 atom stereocenters. The highest BCUT2D eigenvalue weighted by molar-refractivity contribution is 6.32. The third kappa shape index (κ3) is 2.35. The smallest absolute Gasteiger partial charge is 0.242 e. The van der Waals surface area contributed by atoms with Crippen molar-refractivity contribution in [2.75, 3.05) is 0 Å². The maximum atomic E-state index is 6.18. The second-order valence-electron chi connectivity index (χ2n) is 4.46. The molecule has 3 nitrogen and oxygen atoms in total. The van der Waals surface area contributed by atoms with Crippen LogP contribution < -0.4 is 4.74 Å². The molecule has 3 rings (SSSR count). The standard InChI is InChI=1S/C15H12Cl2N2O/c1-10-5-6-13(11(17)8-10)20-15-12(9-16)19-7-3-2-4-14(19)18-15/h2-8H,9H2,1H3. The summed E-state index contributed by atoms with van der Waals surface area (Å²) in [4.78, 5) is 4.44. The molecule has 1 aromatic carbocycles. The second kappa shape index (κ2) is 5.35. The predicted molar refractivity (Wildman–Crippen MR) is 81.0 cm³/mol. The van der Waals surface area contributed by atoms with E-state index in [2.05, 4.69) is 4.98 Å². The van der Waals surface area contributed by atoms with E-state index in [0.717, 1.165) is 16.9 Å². The van der Waals surface area contributed by atoms with Crippen LogP contribution in [0.15, 0.2) is 42.6 Å². The van der Waals surface area contributed by atoms with Gasteiger partial charge in [0, 0.05) is 6.20 Å². The zero-order valence-corrected chi connectivity index (χ0v) is 12.3. The lowest BCUT2D eigenvalue weighted by molar-refractivity contribution is 0.461. The number of rotatable bonds is 3. The Morgan fingerprint density at radius 3 is 2.85 bits per heavy atom. The number of benzene rings is 1. The van der Waals surface area contributed by atoms with Gasteiger partial charge in [-0.3, -0.25) is 4.40 Å². The number of hydrogen-bond donors (Lipinski definition) is 0. The van der Waals surface area contributed by atoms with Crippen LogP contribution in [-0.2, 0) is 5.88 Å². The first kappa shape index (κ1) is 13.3. The van der Waals surface area contributed by atoms with Crippen molar-refractivity contribution in [2.45, 2.75) is 12.8 Å². The summed E-state index contributed by atoms with van der Waals surface area (Å²) in [6.07, 6.45) is 1.91. The number of halogens is 2. The van der Waals surface area contributed by atoms with Crippen molar-refractivity contribution in [3.63, 3.8) is 0 Å². The van der Waals surface area contributed by atoms with Crippen LogP contribution >= 0.6 is 23.2 Å². The van der Waals surface area contributed by atoms with Gasteiger partial charge in [0.1, 0.15) is 17.1 Å². The van der Waals surface area contributed by atoms with Gasteiger partial charge in [0.2, 0.25) is 5.88 Å². The third-order valence-corrected chi connectivity index (χ3v) is 3.56. The highest BCUT2D eigenvalue weighted by atomic mass is 35.5. The molecule has 0 spiro atoms. The Morgan fingerprint density at radius 2 is 2.10 bits per heavy atom.